The van der Waals surface area contributed by atoms with E-state index in [-0.39, 0.29) is 12.5 Å². The van der Waals surface area contributed by atoms with E-state index in [2.05, 4.69) is 67.8 Å². The van der Waals surface area contributed by atoms with Gasteiger partial charge in [0.1, 0.15) is 0 Å². The summed E-state index contributed by atoms with van der Waals surface area (Å²) in [7, 11) is 0. The van der Waals surface area contributed by atoms with Crippen LogP contribution in [-0.4, -0.2) is 34.9 Å². The molecule has 0 heterocycles. The summed E-state index contributed by atoms with van der Waals surface area (Å²) >= 11 is 0. The van der Waals surface area contributed by atoms with E-state index in [9.17, 15) is 15.0 Å². The van der Waals surface area contributed by atoms with Crippen molar-refractivity contribution in [2.24, 2.45) is 0 Å². The highest BCUT2D eigenvalue weighted by Crippen LogP contribution is 2.17. The van der Waals surface area contributed by atoms with Gasteiger partial charge in [0.25, 0.3) is 0 Å². The Morgan fingerprint density at radius 2 is 0.721 bits per heavy atom. The summed E-state index contributed by atoms with van der Waals surface area (Å²) in [4.78, 5) is 12.5. The van der Waals surface area contributed by atoms with Gasteiger partial charge in [0.15, 0.2) is 0 Å². The maximum Gasteiger partial charge on any atom is 0.220 e. The lowest BCUT2D eigenvalue weighted by Gasteiger charge is -2.20. The van der Waals surface area contributed by atoms with Crippen molar-refractivity contribution in [1.29, 1.82) is 0 Å². The Hall–Kier alpha value is -1.91. The second-order valence-electron chi connectivity index (χ2n) is 18.3. The number of aliphatic hydroxyl groups excluding tert-OH is 2. The Morgan fingerprint density at radius 1 is 0.410 bits per heavy atom. The maximum atomic E-state index is 12.5. The zero-order valence-electron chi connectivity index (χ0n) is 40.9. The number of allylic oxidation sites excluding steroid dienone is 9. The van der Waals surface area contributed by atoms with Crippen LogP contribution in [0.1, 0.15) is 277 Å². The first-order valence-corrected chi connectivity index (χ1v) is 27.0. The van der Waals surface area contributed by atoms with Gasteiger partial charge in [0, 0.05) is 6.42 Å². The maximum absolute atomic E-state index is 12.5. The molecule has 3 N–H and O–H groups in total. The minimum absolute atomic E-state index is 0.0623. The highest BCUT2D eigenvalue weighted by molar-refractivity contribution is 5.76. The first kappa shape index (κ1) is 59.1. The van der Waals surface area contributed by atoms with E-state index in [0.29, 0.717) is 6.42 Å². The van der Waals surface area contributed by atoms with E-state index in [1.807, 2.05) is 6.08 Å². The van der Waals surface area contributed by atoms with Gasteiger partial charge in [-0.3, -0.25) is 4.79 Å². The molecule has 4 nitrogen and oxygen atoms in total. The second kappa shape index (κ2) is 52.4. The van der Waals surface area contributed by atoms with Crippen molar-refractivity contribution in [2.75, 3.05) is 6.61 Å². The van der Waals surface area contributed by atoms with Crippen LogP contribution >= 0.6 is 0 Å². The van der Waals surface area contributed by atoms with Gasteiger partial charge in [-0.15, -0.1) is 0 Å². The molecule has 0 bridgehead atoms. The van der Waals surface area contributed by atoms with E-state index in [1.54, 1.807) is 6.08 Å². The zero-order valence-corrected chi connectivity index (χ0v) is 40.9. The van der Waals surface area contributed by atoms with Crippen LogP contribution in [0.2, 0.25) is 0 Å². The van der Waals surface area contributed by atoms with Crippen molar-refractivity contribution >= 4 is 5.91 Å². The predicted molar refractivity (Wildman–Crippen MR) is 271 cm³/mol. The quantitative estimate of drug-likeness (QED) is 0.0422. The molecule has 61 heavy (non-hydrogen) atoms. The molecule has 0 rings (SSSR count). The average molecular weight is 852 g/mol. The highest BCUT2D eigenvalue weighted by Gasteiger charge is 2.18. The molecule has 0 saturated heterocycles. The monoisotopic (exact) mass is 852 g/mol. The number of amides is 1. The Labute approximate surface area is 381 Å². The van der Waals surface area contributed by atoms with Crippen LogP contribution in [0.25, 0.3) is 0 Å². The van der Waals surface area contributed by atoms with Gasteiger partial charge >= 0.3 is 0 Å². The van der Waals surface area contributed by atoms with E-state index < -0.39 is 12.1 Å². The van der Waals surface area contributed by atoms with E-state index in [1.165, 1.54) is 205 Å². The Balaban J connectivity index is 3.50. The fraction of sp³-hybridized carbons (Fsp3) is 0.807. The largest absolute Gasteiger partial charge is 0.394 e. The molecule has 0 aromatic rings. The standard InChI is InChI=1S/C57H105NO3/c1-3-5-7-9-11-13-15-17-19-21-23-25-26-27-28-29-30-31-32-33-35-37-39-41-43-45-47-49-51-53-57(61)58-55(54-59)56(60)52-50-48-46-44-42-40-38-36-34-24-22-20-18-16-14-12-10-8-6-4-2/h5,7,11,13,17,19,23,25,50,52,55-56,59-60H,3-4,6,8-10,12,14-16,18,20-22,24,26-49,51,53-54H2,1-2H3,(H,58,61)/b7-5-,13-11-,19-17-,25-23-,52-50+. The smallest absolute Gasteiger partial charge is 0.220 e. The van der Waals surface area contributed by atoms with Crippen molar-refractivity contribution in [3.63, 3.8) is 0 Å². The molecule has 0 spiro atoms. The van der Waals surface area contributed by atoms with Gasteiger partial charge in [-0.05, 0) is 57.8 Å². The van der Waals surface area contributed by atoms with Crippen LogP contribution in [-0.2, 0) is 4.79 Å². The predicted octanol–water partition coefficient (Wildman–Crippen LogP) is 17.6. The minimum atomic E-state index is -0.840. The number of rotatable bonds is 49. The summed E-state index contributed by atoms with van der Waals surface area (Å²) < 4.78 is 0. The average Bonchev–Trinajstić information content (AvgIpc) is 3.26. The summed E-state index contributed by atoms with van der Waals surface area (Å²) in [6.07, 6.45) is 73.7. The van der Waals surface area contributed by atoms with E-state index >= 15 is 0 Å². The molecule has 0 aliphatic heterocycles. The molecule has 1 amide bonds. The number of carbonyl (C=O) groups excluding carboxylic acids is 1. The van der Waals surface area contributed by atoms with Crippen molar-refractivity contribution < 1.29 is 15.0 Å². The lowest BCUT2D eigenvalue weighted by molar-refractivity contribution is -0.123. The number of aliphatic hydroxyl groups is 2. The van der Waals surface area contributed by atoms with Crippen molar-refractivity contribution in [2.45, 2.75) is 289 Å². The molecule has 0 saturated carbocycles. The van der Waals surface area contributed by atoms with Crippen LogP contribution in [0.15, 0.2) is 60.8 Å². The molecule has 0 radical (unpaired) electrons. The van der Waals surface area contributed by atoms with Gasteiger partial charge in [0.05, 0.1) is 18.8 Å². The van der Waals surface area contributed by atoms with Gasteiger partial charge in [0.2, 0.25) is 5.91 Å². The summed E-state index contributed by atoms with van der Waals surface area (Å²) in [5.74, 6) is -0.0623. The molecular weight excluding hydrogens is 747 g/mol. The van der Waals surface area contributed by atoms with Gasteiger partial charge in [-0.1, -0.05) is 274 Å². The van der Waals surface area contributed by atoms with Crippen LogP contribution in [0.5, 0.6) is 0 Å². The summed E-state index contributed by atoms with van der Waals surface area (Å²) in [6, 6.07) is -0.624. The van der Waals surface area contributed by atoms with Crippen LogP contribution < -0.4 is 5.32 Å². The van der Waals surface area contributed by atoms with Gasteiger partial charge in [-0.2, -0.15) is 0 Å². The lowest BCUT2D eigenvalue weighted by Crippen LogP contribution is -2.45. The molecule has 0 aromatic carbocycles. The third-order valence-corrected chi connectivity index (χ3v) is 12.3. The van der Waals surface area contributed by atoms with Gasteiger partial charge in [-0.25, -0.2) is 0 Å². The summed E-state index contributed by atoms with van der Waals surface area (Å²) in [5, 5.41) is 23.2. The zero-order chi connectivity index (χ0) is 44.2. The third-order valence-electron chi connectivity index (χ3n) is 12.3. The number of hydrogen-bond acceptors (Lipinski definition) is 3. The Bertz CT molecular complexity index is 1010. The highest BCUT2D eigenvalue weighted by atomic mass is 16.3. The minimum Gasteiger partial charge on any atom is -0.394 e. The molecule has 2 unspecified atom stereocenters. The lowest BCUT2D eigenvalue weighted by atomic mass is 10.0. The molecule has 2 atom stereocenters. The van der Waals surface area contributed by atoms with Gasteiger partial charge < -0.3 is 15.5 Å². The van der Waals surface area contributed by atoms with Crippen molar-refractivity contribution in [3.05, 3.63) is 60.8 Å². The van der Waals surface area contributed by atoms with Crippen molar-refractivity contribution in [1.82, 2.24) is 5.32 Å². The van der Waals surface area contributed by atoms with Crippen LogP contribution in [0.4, 0.5) is 0 Å². The fourth-order valence-electron chi connectivity index (χ4n) is 8.17. The SMILES string of the molecule is CC/C=C\C/C=C\C/C=C\C/C=C\CCCCCCCCCCCCCCCCCCC(=O)NC(CO)C(O)/C=C/CCCCCCCCCCCCCCCCCCCC. The fourth-order valence-corrected chi connectivity index (χ4v) is 8.17. The number of unbranched alkanes of at least 4 members (excludes halogenated alkanes) is 34. The second-order valence-corrected chi connectivity index (χ2v) is 18.3. The molecule has 0 aromatic heterocycles. The number of carbonyl (C=O) groups is 1. The topological polar surface area (TPSA) is 69.6 Å². The first-order chi connectivity index (χ1) is 30.2. The van der Waals surface area contributed by atoms with Crippen LogP contribution in [0.3, 0.4) is 0 Å². The Kier molecular flexibility index (Phi) is 50.8. The third kappa shape index (κ3) is 49.0. The molecule has 356 valence electrons. The molecular formula is C57H105NO3. The first-order valence-electron chi connectivity index (χ1n) is 27.0. The Morgan fingerprint density at radius 3 is 1.08 bits per heavy atom. The molecule has 4 heteroatoms. The summed E-state index contributed by atoms with van der Waals surface area (Å²) in [5.41, 5.74) is 0. The normalized spacial score (nSPS) is 13.3. The summed E-state index contributed by atoms with van der Waals surface area (Å²) in [6.45, 7) is 4.22. The van der Waals surface area contributed by atoms with Crippen molar-refractivity contribution in [3.8, 4) is 0 Å². The number of nitrogens with one attached hydrogen (secondary N) is 1. The van der Waals surface area contributed by atoms with Crippen LogP contribution in [0, 0.1) is 0 Å². The molecule has 0 aliphatic rings. The van der Waals surface area contributed by atoms with E-state index in [4.69, 9.17) is 0 Å². The molecule has 0 aliphatic carbocycles. The number of hydrogen-bond donors (Lipinski definition) is 3. The van der Waals surface area contributed by atoms with E-state index in [0.717, 1.165) is 51.4 Å². The molecule has 0 fully saturated rings.